The first-order valence-electron chi connectivity index (χ1n) is 8.88. The van der Waals surface area contributed by atoms with Crippen LogP contribution in [0.15, 0.2) is 36.7 Å². The summed E-state index contributed by atoms with van der Waals surface area (Å²) in [6.45, 7) is 2.69. The van der Waals surface area contributed by atoms with E-state index in [1.165, 1.54) is 24.5 Å². The normalized spacial score (nSPS) is 12.8. The lowest BCUT2D eigenvalue weighted by atomic mass is 10.2. The molecule has 9 heteroatoms. The van der Waals surface area contributed by atoms with Crippen molar-refractivity contribution in [3.8, 4) is 22.9 Å². The quantitative estimate of drug-likeness (QED) is 0.357. The van der Waals surface area contributed by atoms with Gasteiger partial charge in [-0.3, -0.25) is 0 Å². The molecule has 0 amide bonds. The summed E-state index contributed by atoms with van der Waals surface area (Å²) < 4.78 is 73.2. The van der Waals surface area contributed by atoms with Crippen LogP contribution in [0, 0.1) is 0 Å². The van der Waals surface area contributed by atoms with E-state index in [9.17, 15) is 22.0 Å². The summed E-state index contributed by atoms with van der Waals surface area (Å²) in [6.07, 6.45) is -4.90. The third kappa shape index (κ3) is 6.31. The van der Waals surface area contributed by atoms with Crippen LogP contribution >= 0.6 is 0 Å². The molecule has 0 aliphatic heterocycles. The van der Waals surface area contributed by atoms with Crippen molar-refractivity contribution < 1.29 is 31.4 Å². The van der Waals surface area contributed by atoms with Crippen LogP contribution in [0.5, 0.6) is 11.5 Å². The highest BCUT2D eigenvalue weighted by Crippen LogP contribution is 2.31. The first-order chi connectivity index (χ1) is 13.3. The Morgan fingerprint density at radius 3 is 2.14 bits per heavy atom. The summed E-state index contributed by atoms with van der Waals surface area (Å²) in [5.74, 6) is 0.373. The van der Waals surface area contributed by atoms with Crippen LogP contribution in [0.1, 0.15) is 32.6 Å². The Hall–Kier alpha value is -2.45. The number of ether oxygens (including phenoxy) is 2. The van der Waals surface area contributed by atoms with Crippen LogP contribution in [-0.4, -0.2) is 35.3 Å². The standard InChI is InChI=1S/C19H21F5N2O2/c1-2-3-4-5-10-27-15-11-25-18(26-12-15)13-6-8-14(9-7-13)28-19(23,24)16(20)17(21)22/h6-9,11-12,16-17H,2-5,10H2,1H3. The van der Waals surface area contributed by atoms with Gasteiger partial charge in [-0.15, -0.1) is 0 Å². The first-order valence-corrected chi connectivity index (χ1v) is 8.88. The van der Waals surface area contributed by atoms with Gasteiger partial charge >= 0.3 is 6.11 Å². The number of halogens is 5. The van der Waals surface area contributed by atoms with Crippen LogP contribution in [0.4, 0.5) is 22.0 Å². The molecule has 0 bridgehead atoms. The molecule has 0 saturated heterocycles. The molecule has 1 unspecified atom stereocenters. The molecular weight excluding hydrogens is 383 g/mol. The van der Waals surface area contributed by atoms with Gasteiger partial charge in [0.25, 0.3) is 12.6 Å². The zero-order valence-corrected chi connectivity index (χ0v) is 15.3. The summed E-state index contributed by atoms with van der Waals surface area (Å²) in [7, 11) is 0. The molecule has 4 nitrogen and oxygen atoms in total. The van der Waals surface area contributed by atoms with Crippen LogP contribution in [0.2, 0.25) is 0 Å². The van der Waals surface area contributed by atoms with E-state index in [1.807, 2.05) is 0 Å². The second-order valence-electron chi connectivity index (χ2n) is 6.08. The second-order valence-corrected chi connectivity index (χ2v) is 6.08. The van der Waals surface area contributed by atoms with E-state index in [4.69, 9.17) is 4.74 Å². The zero-order chi connectivity index (χ0) is 20.6. The summed E-state index contributed by atoms with van der Waals surface area (Å²) in [5, 5.41) is 0. The third-order valence-corrected chi connectivity index (χ3v) is 3.80. The Morgan fingerprint density at radius 1 is 0.929 bits per heavy atom. The molecule has 0 saturated carbocycles. The number of aromatic nitrogens is 2. The van der Waals surface area contributed by atoms with Crippen LogP contribution in [-0.2, 0) is 0 Å². The average molecular weight is 404 g/mol. The molecule has 0 N–H and O–H groups in total. The number of alkyl halides is 5. The first kappa shape index (κ1) is 21.8. The van der Waals surface area contributed by atoms with E-state index in [2.05, 4.69) is 21.6 Å². The van der Waals surface area contributed by atoms with Crippen molar-refractivity contribution in [3.05, 3.63) is 36.7 Å². The molecule has 0 spiro atoms. The Morgan fingerprint density at radius 2 is 1.57 bits per heavy atom. The minimum absolute atomic E-state index is 0.313. The summed E-state index contributed by atoms with van der Waals surface area (Å²) in [4.78, 5) is 8.27. The Kier molecular flexibility index (Phi) is 7.95. The highest BCUT2D eigenvalue weighted by Gasteiger charge is 2.49. The average Bonchev–Trinajstić information content (AvgIpc) is 2.68. The molecule has 1 aromatic heterocycles. The lowest BCUT2D eigenvalue weighted by Crippen LogP contribution is -2.40. The predicted molar refractivity (Wildman–Crippen MR) is 93.6 cm³/mol. The SMILES string of the molecule is CCCCCCOc1cnc(-c2ccc(OC(F)(F)C(F)C(F)F)cc2)nc1. The second kappa shape index (κ2) is 10.2. The van der Waals surface area contributed by atoms with Gasteiger partial charge in [-0.25, -0.2) is 23.1 Å². The maximum Gasteiger partial charge on any atom is 0.435 e. The smallest absolute Gasteiger partial charge is 0.435 e. The summed E-state index contributed by atoms with van der Waals surface area (Å²) in [6, 6.07) is 4.93. The fraction of sp³-hybridized carbons (Fsp3) is 0.474. The predicted octanol–water partition coefficient (Wildman–Crippen LogP) is 5.68. The number of hydrogen-bond acceptors (Lipinski definition) is 4. The van der Waals surface area contributed by atoms with Gasteiger partial charge in [0.05, 0.1) is 19.0 Å². The molecule has 2 aromatic rings. The fourth-order valence-corrected chi connectivity index (χ4v) is 2.29. The summed E-state index contributed by atoms with van der Waals surface area (Å²) >= 11 is 0. The van der Waals surface area contributed by atoms with E-state index in [1.54, 1.807) is 0 Å². The maximum atomic E-state index is 13.3. The highest BCUT2D eigenvalue weighted by atomic mass is 19.3. The maximum absolute atomic E-state index is 13.3. The van der Waals surface area contributed by atoms with Gasteiger partial charge in [0.1, 0.15) is 5.75 Å². The van der Waals surface area contributed by atoms with E-state index >= 15 is 0 Å². The van der Waals surface area contributed by atoms with Crippen LogP contribution in [0.3, 0.4) is 0 Å². The largest absolute Gasteiger partial charge is 0.490 e. The third-order valence-electron chi connectivity index (χ3n) is 3.80. The van der Waals surface area contributed by atoms with Crippen molar-refractivity contribution in [1.29, 1.82) is 0 Å². The molecule has 28 heavy (non-hydrogen) atoms. The lowest BCUT2D eigenvalue weighted by molar-refractivity contribution is -0.244. The van der Waals surface area contributed by atoms with Crippen LogP contribution in [0.25, 0.3) is 11.4 Å². The van der Waals surface area contributed by atoms with Gasteiger partial charge in [-0.05, 0) is 30.7 Å². The molecule has 0 radical (unpaired) electrons. The molecule has 1 heterocycles. The van der Waals surface area contributed by atoms with Crippen molar-refractivity contribution in [3.63, 3.8) is 0 Å². The van der Waals surface area contributed by atoms with Crippen LogP contribution < -0.4 is 9.47 Å². The van der Waals surface area contributed by atoms with Gasteiger partial charge in [0, 0.05) is 5.56 Å². The number of benzene rings is 1. The van der Waals surface area contributed by atoms with Gasteiger partial charge in [0.15, 0.2) is 11.6 Å². The Bertz CT molecular complexity index is 711. The molecule has 0 fully saturated rings. The highest BCUT2D eigenvalue weighted by molar-refractivity contribution is 5.56. The molecule has 1 atom stereocenters. The summed E-state index contributed by atoms with van der Waals surface area (Å²) in [5.41, 5.74) is 0.482. The van der Waals surface area contributed by atoms with Crippen molar-refractivity contribution in [1.82, 2.24) is 9.97 Å². The van der Waals surface area contributed by atoms with E-state index in [-0.39, 0.29) is 0 Å². The number of hydrogen-bond donors (Lipinski definition) is 0. The lowest BCUT2D eigenvalue weighted by Gasteiger charge is -2.20. The van der Waals surface area contributed by atoms with Gasteiger partial charge in [-0.1, -0.05) is 26.2 Å². The Balaban J connectivity index is 1.94. The van der Waals surface area contributed by atoms with Crippen molar-refractivity contribution >= 4 is 0 Å². The van der Waals surface area contributed by atoms with Gasteiger partial charge < -0.3 is 9.47 Å². The minimum Gasteiger partial charge on any atom is -0.490 e. The minimum atomic E-state index is -4.64. The number of unbranched alkanes of at least 4 members (excludes halogenated alkanes) is 3. The molecule has 1 aromatic carbocycles. The molecular formula is C19H21F5N2O2. The topological polar surface area (TPSA) is 44.2 Å². The van der Waals surface area contributed by atoms with Crippen molar-refractivity contribution in [2.24, 2.45) is 0 Å². The fourth-order valence-electron chi connectivity index (χ4n) is 2.29. The monoisotopic (exact) mass is 404 g/mol. The zero-order valence-electron chi connectivity index (χ0n) is 15.3. The molecule has 0 aliphatic carbocycles. The molecule has 2 rings (SSSR count). The molecule has 154 valence electrons. The van der Waals surface area contributed by atoms with Crippen molar-refractivity contribution in [2.75, 3.05) is 6.61 Å². The number of nitrogens with zero attached hydrogens (tertiary/aromatic N) is 2. The van der Waals surface area contributed by atoms with Gasteiger partial charge in [0.2, 0.25) is 0 Å². The van der Waals surface area contributed by atoms with E-state index in [0.717, 1.165) is 37.8 Å². The molecule has 0 aliphatic rings. The number of rotatable bonds is 11. The Labute approximate surface area is 159 Å². The van der Waals surface area contributed by atoms with E-state index < -0.39 is 24.5 Å². The van der Waals surface area contributed by atoms with Gasteiger partial charge in [-0.2, -0.15) is 8.78 Å². The van der Waals surface area contributed by atoms with Crippen molar-refractivity contribution in [2.45, 2.75) is 51.3 Å². The van der Waals surface area contributed by atoms with E-state index in [0.29, 0.717) is 23.7 Å².